The van der Waals surface area contributed by atoms with E-state index in [9.17, 15) is 0 Å². The summed E-state index contributed by atoms with van der Waals surface area (Å²) < 4.78 is 7.27. The molecule has 0 fully saturated rings. The van der Waals surface area contributed by atoms with Crippen LogP contribution in [0, 0.1) is 0 Å². The van der Waals surface area contributed by atoms with E-state index in [-0.39, 0.29) is 0 Å². The van der Waals surface area contributed by atoms with Crippen LogP contribution >= 0.6 is 0 Å². The molecule has 7 heteroatoms. The third-order valence-corrected chi connectivity index (χ3v) is 3.24. The second-order valence-electron chi connectivity index (χ2n) is 5.03. The Morgan fingerprint density at radius 2 is 2.13 bits per heavy atom. The van der Waals surface area contributed by atoms with Gasteiger partial charge in [0.05, 0.1) is 12.8 Å². The monoisotopic (exact) mass is 311 g/mol. The highest BCUT2D eigenvalue weighted by Crippen LogP contribution is 2.11. The molecule has 0 radical (unpaired) electrons. The van der Waals surface area contributed by atoms with Crippen molar-refractivity contribution in [2.24, 2.45) is 5.10 Å². The quantitative estimate of drug-likeness (QED) is 0.303. The van der Waals surface area contributed by atoms with Crippen molar-refractivity contribution in [1.82, 2.24) is 15.3 Å². The number of ether oxygens (including phenoxy) is 1. The molecule has 3 rings (SSSR count). The summed E-state index contributed by atoms with van der Waals surface area (Å²) in [6.07, 6.45) is 5.61. The maximum absolute atomic E-state index is 5.63. The number of fused-ring (bicyclic) bond motifs is 1. The van der Waals surface area contributed by atoms with E-state index in [1.54, 1.807) is 17.1 Å². The first-order valence-corrected chi connectivity index (χ1v) is 7.59. The highest BCUT2D eigenvalue weighted by Gasteiger charge is 2.04. The molecule has 0 aliphatic heterocycles. The van der Waals surface area contributed by atoms with Crippen LogP contribution in [-0.2, 0) is 0 Å². The number of nitrogens with one attached hydrogen (secondary N) is 2. The number of benzene rings is 1. The van der Waals surface area contributed by atoms with E-state index in [2.05, 4.69) is 32.7 Å². The summed E-state index contributed by atoms with van der Waals surface area (Å²) in [5.41, 5.74) is 4.63. The van der Waals surface area contributed by atoms with Crippen molar-refractivity contribution in [3.05, 3.63) is 48.3 Å². The Morgan fingerprint density at radius 3 is 2.96 bits per heavy atom. The molecule has 0 bridgehead atoms. The first kappa shape index (κ1) is 15.0. The summed E-state index contributed by atoms with van der Waals surface area (Å²) >= 11 is 0. The summed E-state index contributed by atoms with van der Waals surface area (Å²) in [7, 11) is 0. The minimum Gasteiger partial charge on any atom is -0.494 e. The minimum atomic E-state index is 0.639. The van der Waals surface area contributed by atoms with Crippen molar-refractivity contribution in [3.8, 4) is 5.75 Å². The van der Waals surface area contributed by atoms with Gasteiger partial charge in [-0.25, -0.2) is 0 Å². The molecule has 2 aromatic heterocycles. The van der Waals surface area contributed by atoms with Crippen LogP contribution in [0.5, 0.6) is 5.75 Å². The van der Waals surface area contributed by atoms with Crippen LogP contribution in [0.25, 0.3) is 5.65 Å². The maximum atomic E-state index is 5.63. The smallest absolute Gasteiger partial charge is 0.325 e. The number of aromatic amines is 1. The van der Waals surface area contributed by atoms with Crippen LogP contribution in [0.1, 0.15) is 25.3 Å². The number of unbranched alkanes of at least 4 members (excludes halogenated alkanes) is 1. The SMILES string of the molecule is CCCCOc1ccc(C=NNc2ccc3n[nH]c[n+]3n2)cc1. The van der Waals surface area contributed by atoms with Crippen LogP contribution in [-0.4, -0.2) is 28.1 Å². The lowest BCUT2D eigenvalue weighted by Crippen LogP contribution is -2.24. The fourth-order valence-corrected chi connectivity index (χ4v) is 1.98. The van der Waals surface area contributed by atoms with Gasteiger partial charge in [-0.3, -0.25) is 5.43 Å². The Morgan fingerprint density at radius 1 is 1.26 bits per heavy atom. The minimum absolute atomic E-state index is 0.639. The first-order valence-electron chi connectivity index (χ1n) is 7.59. The van der Waals surface area contributed by atoms with Crippen molar-refractivity contribution in [1.29, 1.82) is 0 Å². The fraction of sp³-hybridized carbons (Fsp3) is 0.250. The van der Waals surface area contributed by atoms with Gasteiger partial charge in [0.25, 0.3) is 0 Å². The van der Waals surface area contributed by atoms with E-state index < -0.39 is 0 Å². The molecule has 7 nitrogen and oxygen atoms in total. The van der Waals surface area contributed by atoms with E-state index in [0.29, 0.717) is 5.82 Å². The van der Waals surface area contributed by atoms with Gasteiger partial charge in [0, 0.05) is 11.2 Å². The van der Waals surface area contributed by atoms with Gasteiger partial charge in [0.2, 0.25) is 6.33 Å². The molecule has 0 unspecified atom stereocenters. The summed E-state index contributed by atoms with van der Waals surface area (Å²) in [6.45, 7) is 2.90. The van der Waals surface area contributed by atoms with Crippen LogP contribution < -0.4 is 14.7 Å². The lowest BCUT2D eigenvalue weighted by molar-refractivity contribution is -0.579. The first-order chi connectivity index (χ1) is 11.3. The van der Waals surface area contributed by atoms with Gasteiger partial charge in [-0.1, -0.05) is 18.4 Å². The molecular formula is C16H19N6O+. The maximum Gasteiger partial charge on any atom is 0.325 e. The molecule has 0 aliphatic rings. The predicted octanol–water partition coefficient (Wildman–Crippen LogP) is 2.17. The number of H-pyrrole nitrogens is 1. The van der Waals surface area contributed by atoms with Gasteiger partial charge in [0.15, 0.2) is 5.82 Å². The molecular weight excluding hydrogens is 292 g/mol. The van der Waals surface area contributed by atoms with Crippen LogP contribution in [0.15, 0.2) is 47.8 Å². The molecule has 0 spiro atoms. The van der Waals surface area contributed by atoms with Gasteiger partial charge in [-0.2, -0.15) is 5.10 Å². The van der Waals surface area contributed by atoms with Crippen molar-refractivity contribution in [3.63, 3.8) is 0 Å². The van der Waals surface area contributed by atoms with Gasteiger partial charge < -0.3 is 4.74 Å². The van der Waals surface area contributed by atoms with E-state index in [0.717, 1.165) is 36.4 Å². The zero-order valence-corrected chi connectivity index (χ0v) is 12.9. The Kier molecular flexibility index (Phi) is 4.78. The average Bonchev–Trinajstić information content (AvgIpc) is 3.04. The van der Waals surface area contributed by atoms with Crippen LogP contribution in [0.4, 0.5) is 5.82 Å². The number of hydrogen-bond acceptors (Lipinski definition) is 5. The van der Waals surface area contributed by atoms with Gasteiger partial charge in [0.1, 0.15) is 5.75 Å². The molecule has 1 aromatic carbocycles. The van der Waals surface area contributed by atoms with Crippen molar-refractivity contribution in [2.75, 3.05) is 12.0 Å². The summed E-state index contributed by atoms with van der Waals surface area (Å²) in [5, 5.41) is 15.2. The largest absolute Gasteiger partial charge is 0.494 e. The lowest BCUT2D eigenvalue weighted by atomic mass is 10.2. The number of rotatable bonds is 7. The highest BCUT2D eigenvalue weighted by molar-refractivity contribution is 5.80. The summed E-state index contributed by atoms with van der Waals surface area (Å²) in [4.78, 5) is 0. The molecule has 0 saturated heterocycles. The van der Waals surface area contributed by atoms with Gasteiger partial charge in [-0.15, -0.1) is 9.61 Å². The van der Waals surface area contributed by atoms with E-state index in [1.807, 2.05) is 36.4 Å². The Labute approximate surface area is 134 Å². The Hall–Kier alpha value is -2.96. The number of hydrazone groups is 1. The molecule has 0 aliphatic carbocycles. The highest BCUT2D eigenvalue weighted by atomic mass is 16.5. The van der Waals surface area contributed by atoms with Crippen LogP contribution in [0.2, 0.25) is 0 Å². The van der Waals surface area contributed by atoms with E-state index >= 15 is 0 Å². The zero-order valence-electron chi connectivity index (χ0n) is 12.9. The fourth-order valence-electron chi connectivity index (χ4n) is 1.98. The lowest BCUT2D eigenvalue weighted by Gasteiger charge is -2.04. The number of anilines is 1. The average molecular weight is 311 g/mol. The third-order valence-electron chi connectivity index (χ3n) is 3.24. The Balaban J connectivity index is 1.56. The topological polar surface area (TPSA) is 79.3 Å². The second-order valence-corrected chi connectivity index (χ2v) is 5.03. The number of nitrogens with zero attached hydrogens (tertiary/aromatic N) is 4. The molecule has 2 heterocycles. The molecule has 0 atom stereocenters. The third kappa shape index (κ3) is 4.03. The van der Waals surface area contributed by atoms with Crippen molar-refractivity contribution in [2.45, 2.75) is 19.8 Å². The standard InChI is InChI=1S/C16H18N6O/c1-2-3-10-23-14-6-4-13(5-7-14)11-17-19-15-8-9-16-20-18-12-22(16)21-15/h4-9,11-12H,2-3,10H2,1H3,(H,19,21)/p+1. The van der Waals surface area contributed by atoms with Gasteiger partial charge >= 0.3 is 5.65 Å². The van der Waals surface area contributed by atoms with E-state index in [1.165, 1.54) is 0 Å². The van der Waals surface area contributed by atoms with Crippen LogP contribution in [0.3, 0.4) is 0 Å². The van der Waals surface area contributed by atoms with E-state index in [4.69, 9.17) is 4.74 Å². The molecule has 0 amide bonds. The van der Waals surface area contributed by atoms with Gasteiger partial charge in [-0.05, 0) is 42.3 Å². The van der Waals surface area contributed by atoms with Crippen molar-refractivity contribution < 1.29 is 9.25 Å². The second kappa shape index (κ2) is 7.35. The molecule has 118 valence electrons. The molecule has 3 aromatic rings. The zero-order chi connectivity index (χ0) is 15.9. The summed E-state index contributed by atoms with van der Waals surface area (Å²) in [6, 6.07) is 11.5. The number of aromatic nitrogens is 4. The summed E-state index contributed by atoms with van der Waals surface area (Å²) in [5.74, 6) is 1.52. The normalized spacial score (nSPS) is 11.2. The van der Waals surface area contributed by atoms with Crippen molar-refractivity contribution >= 4 is 17.7 Å². The number of hydrogen-bond donors (Lipinski definition) is 2. The molecule has 23 heavy (non-hydrogen) atoms. The molecule has 0 saturated carbocycles. The molecule has 2 N–H and O–H groups in total. The Bertz CT molecular complexity index is 781. The predicted molar refractivity (Wildman–Crippen MR) is 87.6 cm³/mol.